The van der Waals surface area contributed by atoms with E-state index in [0.29, 0.717) is 18.2 Å². The van der Waals surface area contributed by atoms with Crippen LogP contribution in [0.15, 0.2) is 29.3 Å². The van der Waals surface area contributed by atoms with Gasteiger partial charge in [-0.05, 0) is 55.2 Å². The number of nitrogens with one attached hydrogen (secondary N) is 2. The van der Waals surface area contributed by atoms with Crippen LogP contribution in [-0.4, -0.2) is 44.0 Å². The molecule has 2 N–H and O–H groups in total. The Labute approximate surface area is 181 Å². The van der Waals surface area contributed by atoms with Gasteiger partial charge in [0.05, 0.1) is 0 Å². The number of hydrogen-bond donors (Lipinski definition) is 2. The number of benzene rings is 1. The molecule has 1 aromatic carbocycles. The first-order valence-electron chi connectivity index (χ1n) is 9.68. The summed E-state index contributed by atoms with van der Waals surface area (Å²) >= 11 is 0. The largest absolute Gasteiger partial charge is 0.354 e. The summed E-state index contributed by atoms with van der Waals surface area (Å²) in [7, 11) is 5.35. The minimum atomic E-state index is 0. The number of hydrogen-bond acceptors (Lipinski definition) is 2. The zero-order valence-electron chi connectivity index (χ0n) is 17.3. The molecule has 0 atom stereocenters. The summed E-state index contributed by atoms with van der Waals surface area (Å²) in [6, 6.07) is 8.25. The van der Waals surface area contributed by atoms with Crippen LogP contribution in [0.5, 0.6) is 0 Å². The highest BCUT2D eigenvalue weighted by Gasteiger charge is 2.23. The molecule has 0 aromatic heterocycles. The normalized spacial score (nSPS) is 20.0. The second-order valence-corrected chi connectivity index (χ2v) is 7.82. The molecular formula is C21H35IN4O. The van der Waals surface area contributed by atoms with Gasteiger partial charge in [-0.3, -0.25) is 9.79 Å². The molecule has 1 aromatic rings. The number of nitrogens with zero attached hydrogens (tertiary/aromatic N) is 2. The van der Waals surface area contributed by atoms with Crippen molar-refractivity contribution in [2.45, 2.75) is 52.1 Å². The van der Waals surface area contributed by atoms with Gasteiger partial charge in [0.2, 0.25) is 0 Å². The van der Waals surface area contributed by atoms with E-state index in [1.165, 1.54) is 25.7 Å². The monoisotopic (exact) mass is 486 g/mol. The number of aliphatic imine (C=N–C) groups is 1. The molecule has 1 aliphatic carbocycles. The molecule has 2 rings (SSSR count). The molecule has 0 heterocycles. The summed E-state index contributed by atoms with van der Waals surface area (Å²) in [6.45, 7) is 5.35. The lowest BCUT2D eigenvalue weighted by atomic mass is 9.80. The lowest BCUT2D eigenvalue weighted by Crippen LogP contribution is -2.44. The number of carbonyl (C=O) groups excluding carboxylic acids is 1. The highest BCUT2D eigenvalue weighted by Crippen LogP contribution is 2.29. The van der Waals surface area contributed by atoms with Crippen LogP contribution < -0.4 is 10.6 Å². The van der Waals surface area contributed by atoms with E-state index in [1.807, 2.05) is 31.3 Å². The Morgan fingerprint density at radius 1 is 1.15 bits per heavy atom. The van der Waals surface area contributed by atoms with E-state index < -0.39 is 0 Å². The molecule has 1 saturated carbocycles. The Bertz CT molecular complexity index is 605. The molecule has 1 aliphatic rings. The fourth-order valence-corrected chi connectivity index (χ4v) is 3.53. The van der Waals surface area contributed by atoms with Gasteiger partial charge in [-0.1, -0.05) is 26.0 Å². The Morgan fingerprint density at radius 2 is 1.74 bits per heavy atom. The van der Waals surface area contributed by atoms with Crippen LogP contribution in [-0.2, 0) is 6.54 Å². The van der Waals surface area contributed by atoms with Gasteiger partial charge >= 0.3 is 0 Å². The van der Waals surface area contributed by atoms with Gasteiger partial charge in [0.25, 0.3) is 5.91 Å². The maximum absolute atomic E-state index is 11.9. The van der Waals surface area contributed by atoms with Crippen LogP contribution in [0.3, 0.4) is 0 Å². The lowest BCUT2D eigenvalue weighted by Gasteiger charge is -2.32. The fourth-order valence-electron chi connectivity index (χ4n) is 3.53. The standard InChI is InChI=1S/C21H34N4O.HI/c1-15(2)17-10-12-19(13-11-17)24-21(22-3)23-14-16-6-8-18(9-7-16)20(26)25(4)5;/h6-9,15,17,19H,10-14H2,1-5H3,(H2,22,23,24);1H. The second kappa shape index (κ2) is 11.5. The Hall–Kier alpha value is -1.31. The van der Waals surface area contributed by atoms with Crippen LogP contribution in [0, 0.1) is 11.8 Å². The Morgan fingerprint density at radius 3 is 2.22 bits per heavy atom. The second-order valence-electron chi connectivity index (χ2n) is 7.82. The van der Waals surface area contributed by atoms with Crippen LogP contribution in [0.1, 0.15) is 55.5 Å². The van der Waals surface area contributed by atoms with E-state index >= 15 is 0 Å². The molecule has 27 heavy (non-hydrogen) atoms. The molecule has 152 valence electrons. The van der Waals surface area contributed by atoms with Crippen molar-refractivity contribution < 1.29 is 4.79 Å². The van der Waals surface area contributed by atoms with Crippen molar-refractivity contribution in [3.8, 4) is 0 Å². The molecule has 5 nitrogen and oxygen atoms in total. The van der Waals surface area contributed by atoms with Crippen molar-refractivity contribution in [3.63, 3.8) is 0 Å². The van der Waals surface area contributed by atoms with E-state index in [1.54, 1.807) is 19.0 Å². The van der Waals surface area contributed by atoms with Crippen molar-refractivity contribution in [1.82, 2.24) is 15.5 Å². The van der Waals surface area contributed by atoms with Crippen molar-refractivity contribution in [1.29, 1.82) is 0 Å². The summed E-state index contributed by atoms with van der Waals surface area (Å²) in [5.74, 6) is 2.53. The van der Waals surface area contributed by atoms with E-state index in [4.69, 9.17) is 0 Å². The van der Waals surface area contributed by atoms with Gasteiger partial charge in [-0.2, -0.15) is 0 Å². The molecule has 0 aliphatic heterocycles. The molecule has 0 bridgehead atoms. The third kappa shape index (κ3) is 7.31. The Balaban J connectivity index is 0.00000364. The summed E-state index contributed by atoms with van der Waals surface area (Å²) in [5, 5.41) is 6.94. The smallest absolute Gasteiger partial charge is 0.253 e. The van der Waals surface area contributed by atoms with E-state index in [9.17, 15) is 4.79 Å². The van der Waals surface area contributed by atoms with Crippen molar-refractivity contribution >= 4 is 35.8 Å². The number of rotatable bonds is 5. The third-order valence-electron chi connectivity index (χ3n) is 5.35. The van der Waals surface area contributed by atoms with Crippen molar-refractivity contribution in [2.75, 3.05) is 21.1 Å². The maximum atomic E-state index is 11.9. The number of guanidine groups is 1. The summed E-state index contributed by atoms with van der Waals surface area (Å²) < 4.78 is 0. The minimum Gasteiger partial charge on any atom is -0.354 e. The maximum Gasteiger partial charge on any atom is 0.253 e. The summed E-state index contributed by atoms with van der Waals surface area (Å²) in [4.78, 5) is 17.9. The summed E-state index contributed by atoms with van der Waals surface area (Å²) in [5.41, 5.74) is 1.84. The minimum absolute atomic E-state index is 0. The molecular weight excluding hydrogens is 451 g/mol. The average molecular weight is 486 g/mol. The van der Waals surface area contributed by atoms with Crippen LogP contribution in [0.25, 0.3) is 0 Å². The highest BCUT2D eigenvalue weighted by atomic mass is 127. The lowest BCUT2D eigenvalue weighted by molar-refractivity contribution is 0.0827. The first-order valence-corrected chi connectivity index (χ1v) is 9.68. The van der Waals surface area contributed by atoms with E-state index in [-0.39, 0.29) is 29.9 Å². The number of amides is 1. The molecule has 0 saturated heterocycles. The molecule has 0 unspecified atom stereocenters. The van der Waals surface area contributed by atoms with Crippen LogP contribution in [0.4, 0.5) is 0 Å². The zero-order chi connectivity index (χ0) is 19.1. The Kier molecular flexibility index (Phi) is 10.1. The van der Waals surface area contributed by atoms with Crippen molar-refractivity contribution in [2.24, 2.45) is 16.8 Å². The third-order valence-corrected chi connectivity index (χ3v) is 5.35. The van der Waals surface area contributed by atoms with Gasteiger partial charge in [-0.15, -0.1) is 24.0 Å². The SMILES string of the molecule is CN=C(NCc1ccc(C(=O)N(C)C)cc1)NC1CCC(C(C)C)CC1.I. The zero-order valence-corrected chi connectivity index (χ0v) is 19.6. The van der Waals surface area contributed by atoms with E-state index in [2.05, 4.69) is 29.5 Å². The summed E-state index contributed by atoms with van der Waals surface area (Å²) in [6.07, 6.45) is 5.02. The average Bonchev–Trinajstić information content (AvgIpc) is 2.65. The van der Waals surface area contributed by atoms with Crippen molar-refractivity contribution in [3.05, 3.63) is 35.4 Å². The molecule has 1 fully saturated rings. The molecule has 1 amide bonds. The molecule has 0 radical (unpaired) electrons. The van der Waals surface area contributed by atoms with Gasteiger partial charge in [0.15, 0.2) is 5.96 Å². The first-order chi connectivity index (χ1) is 12.4. The predicted octanol–water partition coefficient (Wildman–Crippen LogP) is 3.89. The van der Waals surface area contributed by atoms with Gasteiger partial charge in [0, 0.05) is 39.3 Å². The predicted molar refractivity (Wildman–Crippen MR) is 124 cm³/mol. The fraction of sp³-hybridized carbons (Fsp3) is 0.619. The quantitative estimate of drug-likeness (QED) is 0.377. The number of halogens is 1. The molecule has 6 heteroatoms. The van der Waals surface area contributed by atoms with Gasteiger partial charge < -0.3 is 15.5 Å². The topological polar surface area (TPSA) is 56.7 Å². The first kappa shape index (κ1) is 23.7. The van der Waals surface area contributed by atoms with Gasteiger partial charge in [0.1, 0.15) is 0 Å². The molecule has 0 spiro atoms. The van der Waals surface area contributed by atoms with Crippen LogP contribution in [0.2, 0.25) is 0 Å². The number of carbonyl (C=O) groups is 1. The van der Waals surface area contributed by atoms with E-state index in [0.717, 1.165) is 23.4 Å². The highest BCUT2D eigenvalue weighted by molar-refractivity contribution is 14.0. The van der Waals surface area contributed by atoms with Crippen LogP contribution >= 0.6 is 24.0 Å². The van der Waals surface area contributed by atoms with Gasteiger partial charge in [-0.25, -0.2) is 0 Å².